The van der Waals surface area contributed by atoms with Gasteiger partial charge in [-0.25, -0.2) is 4.98 Å². The quantitative estimate of drug-likeness (QED) is 0.741. The number of hydrogen-bond acceptors (Lipinski definition) is 2. The fourth-order valence-electron chi connectivity index (χ4n) is 2.06. The van der Waals surface area contributed by atoms with Gasteiger partial charge in [0, 0.05) is 30.7 Å². The highest BCUT2D eigenvalue weighted by Crippen LogP contribution is 2.23. The van der Waals surface area contributed by atoms with Gasteiger partial charge in [-0.3, -0.25) is 0 Å². The Labute approximate surface area is 112 Å². The largest absolute Gasteiger partial charge is 0.373 e. The van der Waals surface area contributed by atoms with Gasteiger partial charge in [0.15, 0.2) is 0 Å². The Balaban J connectivity index is 1.89. The van der Waals surface area contributed by atoms with Gasteiger partial charge < -0.3 is 10.3 Å². The van der Waals surface area contributed by atoms with Crippen molar-refractivity contribution in [3.63, 3.8) is 0 Å². The summed E-state index contributed by atoms with van der Waals surface area (Å²) in [5.41, 5.74) is 4.62. The Hall–Kier alpha value is -2.55. The van der Waals surface area contributed by atoms with Gasteiger partial charge >= 0.3 is 0 Å². The Morgan fingerprint density at radius 1 is 0.895 bits per heavy atom. The minimum absolute atomic E-state index is 0.881. The van der Waals surface area contributed by atoms with E-state index < -0.39 is 0 Å². The predicted octanol–water partition coefficient (Wildman–Crippen LogP) is 3.79. The number of rotatable bonds is 3. The van der Waals surface area contributed by atoms with Crippen molar-refractivity contribution in [3.05, 3.63) is 60.9 Å². The first kappa shape index (κ1) is 11.5. The van der Waals surface area contributed by atoms with Crippen molar-refractivity contribution in [1.82, 2.24) is 9.97 Å². The molecule has 2 heterocycles. The third-order valence-electron chi connectivity index (χ3n) is 3.15. The maximum Gasteiger partial charge on any atom is 0.125 e. The molecule has 2 aromatic heterocycles. The highest BCUT2D eigenvalue weighted by atomic mass is 14.9. The molecule has 0 spiro atoms. The van der Waals surface area contributed by atoms with Crippen LogP contribution in [0.2, 0.25) is 0 Å². The van der Waals surface area contributed by atoms with E-state index in [1.165, 1.54) is 11.1 Å². The summed E-state index contributed by atoms with van der Waals surface area (Å²) in [5, 5.41) is 3.02. The van der Waals surface area contributed by atoms with E-state index in [4.69, 9.17) is 0 Å². The van der Waals surface area contributed by atoms with E-state index in [9.17, 15) is 0 Å². The third-order valence-corrected chi connectivity index (χ3v) is 3.15. The Morgan fingerprint density at radius 3 is 2.21 bits per heavy atom. The summed E-state index contributed by atoms with van der Waals surface area (Å²) in [6.07, 6.45) is 3.82. The minimum Gasteiger partial charge on any atom is -0.373 e. The van der Waals surface area contributed by atoms with E-state index >= 15 is 0 Å². The number of aromatic nitrogens is 2. The normalized spacial score (nSPS) is 10.4. The Bertz CT molecular complexity index is 637. The van der Waals surface area contributed by atoms with Crippen LogP contribution in [0.5, 0.6) is 0 Å². The van der Waals surface area contributed by atoms with Crippen molar-refractivity contribution < 1.29 is 0 Å². The molecule has 0 aliphatic rings. The van der Waals surface area contributed by atoms with E-state index in [1.807, 2.05) is 31.6 Å². The maximum absolute atomic E-state index is 4.33. The zero-order chi connectivity index (χ0) is 13.1. The number of aromatic amines is 1. The molecule has 3 rings (SSSR count). The summed E-state index contributed by atoms with van der Waals surface area (Å²) in [5.74, 6) is 0.881. The first-order chi connectivity index (χ1) is 9.36. The van der Waals surface area contributed by atoms with Gasteiger partial charge in [-0.15, -0.1) is 0 Å². The van der Waals surface area contributed by atoms with Crippen LogP contribution in [-0.4, -0.2) is 17.0 Å². The van der Waals surface area contributed by atoms with Crippen LogP contribution < -0.4 is 5.32 Å². The molecule has 2 N–H and O–H groups in total. The van der Waals surface area contributed by atoms with E-state index in [0.29, 0.717) is 0 Å². The second kappa shape index (κ2) is 4.98. The van der Waals surface area contributed by atoms with E-state index in [2.05, 4.69) is 51.7 Å². The number of nitrogens with zero attached hydrogens (tertiary/aromatic N) is 1. The van der Waals surface area contributed by atoms with Crippen LogP contribution in [0.3, 0.4) is 0 Å². The maximum atomic E-state index is 4.33. The number of nitrogens with one attached hydrogen (secondary N) is 2. The van der Waals surface area contributed by atoms with Crippen LogP contribution in [0.15, 0.2) is 60.9 Å². The molecular weight excluding hydrogens is 234 g/mol. The molecule has 19 heavy (non-hydrogen) atoms. The zero-order valence-electron chi connectivity index (χ0n) is 10.7. The average molecular weight is 249 g/mol. The molecule has 3 heteroatoms. The molecule has 0 bridgehead atoms. The zero-order valence-corrected chi connectivity index (χ0v) is 10.7. The van der Waals surface area contributed by atoms with Gasteiger partial charge in [0.2, 0.25) is 0 Å². The van der Waals surface area contributed by atoms with Gasteiger partial charge in [-0.05, 0) is 35.4 Å². The molecule has 0 radical (unpaired) electrons. The summed E-state index contributed by atoms with van der Waals surface area (Å²) in [6, 6.07) is 16.6. The highest BCUT2D eigenvalue weighted by Gasteiger charge is 2.01. The van der Waals surface area contributed by atoms with Crippen LogP contribution >= 0.6 is 0 Å². The van der Waals surface area contributed by atoms with E-state index in [-0.39, 0.29) is 0 Å². The topological polar surface area (TPSA) is 40.7 Å². The lowest BCUT2D eigenvalue weighted by atomic mass is 10.0. The summed E-state index contributed by atoms with van der Waals surface area (Å²) >= 11 is 0. The summed E-state index contributed by atoms with van der Waals surface area (Å²) < 4.78 is 0. The van der Waals surface area contributed by atoms with Crippen molar-refractivity contribution in [1.29, 1.82) is 0 Å². The number of H-pyrrole nitrogens is 1. The summed E-state index contributed by atoms with van der Waals surface area (Å²) in [7, 11) is 1.87. The minimum atomic E-state index is 0.881. The van der Waals surface area contributed by atoms with Gasteiger partial charge in [0.25, 0.3) is 0 Å². The molecule has 0 atom stereocenters. The van der Waals surface area contributed by atoms with Crippen molar-refractivity contribution in [2.45, 2.75) is 0 Å². The van der Waals surface area contributed by atoms with Crippen LogP contribution in [0.1, 0.15) is 0 Å². The van der Waals surface area contributed by atoms with Crippen LogP contribution in [-0.2, 0) is 0 Å². The molecule has 0 saturated heterocycles. The summed E-state index contributed by atoms with van der Waals surface area (Å²) in [6.45, 7) is 0. The van der Waals surface area contributed by atoms with Crippen LogP contribution in [0.4, 0.5) is 5.82 Å². The standard InChI is InChI=1S/C16H15N3/c1-17-16-9-8-14(11-19-16)12-4-6-13(7-5-12)15-3-2-10-18-15/h2-11,18H,1H3,(H,17,19). The fourth-order valence-corrected chi connectivity index (χ4v) is 2.06. The van der Waals surface area contributed by atoms with Crippen molar-refractivity contribution >= 4 is 5.82 Å². The lowest BCUT2D eigenvalue weighted by molar-refractivity contribution is 1.29. The molecule has 0 unspecified atom stereocenters. The smallest absolute Gasteiger partial charge is 0.125 e. The molecule has 0 saturated carbocycles. The van der Waals surface area contributed by atoms with Gasteiger partial charge in [-0.2, -0.15) is 0 Å². The monoisotopic (exact) mass is 249 g/mol. The molecule has 0 aliphatic carbocycles. The number of benzene rings is 1. The molecule has 3 nitrogen and oxygen atoms in total. The van der Waals surface area contributed by atoms with Gasteiger partial charge in [0.1, 0.15) is 5.82 Å². The van der Waals surface area contributed by atoms with Crippen molar-refractivity contribution in [2.24, 2.45) is 0 Å². The SMILES string of the molecule is CNc1ccc(-c2ccc(-c3ccc[nH]3)cc2)cn1. The first-order valence-electron chi connectivity index (χ1n) is 6.25. The molecule has 94 valence electrons. The molecule has 0 fully saturated rings. The second-order valence-corrected chi connectivity index (χ2v) is 4.34. The van der Waals surface area contributed by atoms with E-state index in [0.717, 1.165) is 17.1 Å². The van der Waals surface area contributed by atoms with Crippen molar-refractivity contribution in [3.8, 4) is 22.4 Å². The lowest BCUT2D eigenvalue weighted by Crippen LogP contribution is -1.91. The van der Waals surface area contributed by atoms with E-state index in [1.54, 1.807) is 0 Å². The second-order valence-electron chi connectivity index (χ2n) is 4.34. The number of pyridine rings is 1. The van der Waals surface area contributed by atoms with Crippen molar-refractivity contribution in [2.75, 3.05) is 12.4 Å². The highest BCUT2D eigenvalue weighted by molar-refractivity contribution is 5.68. The summed E-state index contributed by atoms with van der Waals surface area (Å²) in [4.78, 5) is 7.54. The molecule has 0 amide bonds. The Kier molecular flexibility index (Phi) is 3.02. The van der Waals surface area contributed by atoms with Crippen LogP contribution in [0, 0.1) is 0 Å². The number of hydrogen-bond donors (Lipinski definition) is 2. The van der Waals surface area contributed by atoms with Gasteiger partial charge in [-0.1, -0.05) is 24.3 Å². The molecule has 1 aromatic carbocycles. The molecule has 0 aliphatic heterocycles. The van der Waals surface area contributed by atoms with Gasteiger partial charge in [0.05, 0.1) is 0 Å². The van der Waals surface area contributed by atoms with Crippen LogP contribution in [0.25, 0.3) is 22.4 Å². The number of anilines is 1. The fraction of sp³-hybridized carbons (Fsp3) is 0.0625. The third kappa shape index (κ3) is 2.36. The lowest BCUT2D eigenvalue weighted by Gasteiger charge is -2.04. The average Bonchev–Trinajstić information content (AvgIpc) is 3.02. The Morgan fingerprint density at radius 2 is 1.63 bits per heavy atom. The first-order valence-corrected chi connectivity index (χ1v) is 6.25. The molecule has 3 aromatic rings. The molecular formula is C16H15N3. The predicted molar refractivity (Wildman–Crippen MR) is 79.0 cm³/mol.